The smallest absolute Gasteiger partial charge is 0.303 e. The van der Waals surface area contributed by atoms with Crippen LogP contribution >= 0.6 is 0 Å². The van der Waals surface area contributed by atoms with E-state index in [1.807, 2.05) is 44.2 Å². The monoisotopic (exact) mass is 481 g/mol. The number of nitrogens with zero attached hydrogens (tertiary/aromatic N) is 1. The lowest BCUT2D eigenvalue weighted by molar-refractivity contribution is -0.137. The van der Waals surface area contributed by atoms with Crippen LogP contribution < -0.4 is 15.4 Å². The van der Waals surface area contributed by atoms with Crippen molar-refractivity contribution in [2.45, 2.75) is 51.9 Å². The van der Waals surface area contributed by atoms with Gasteiger partial charge in [-0.15, -0.1) is 0 Å². The Morgan fingerprint density at radius 1 is 1.03 bits per heavy atom. The van der Waals surface area contributed by atoms with Crippen LogP contribution in [0, 0.1) is 5.92 Å². The summed E-state index contributed by atoms with van der Waals surface area (Å²) in [4.78, 5) is 51.8. The van der Waals surface area contributed by atoms with Gasteiger partial charge >= 0.3 is 5.97 Å². The number of carbonyl (C=O) groups is 4. The van der Waals surface area contributed by atoms with E-state index in [1.54, 1.807) is 6.07 Å². The molecule has 1 aliphatic heterocycles. The summed E-state index contributed by atoms with van der Waals surface area (Å²) in [5.41, 5.74) is 1.33. The summed E-state index contributed by atoms with van der Waals surface area (Å²) in [5.74, 6) is -1.89. The molecule has 3 rings (SSSR count). The van der Waals surface area contributed by atoms with E-state index in [1.165, 1.54) is 19.2 Å². The Bertz CT molecular complexity index is 1090. The second-order valence-corrected chi connectivity index (χ2v) is 8.89. The molecule has 9 heteroatoms. The van der Waals surface area contributed by atoms with E-state index in [4.69, 9.17) is 4.74 Å². The number of imide groups is 1. The summed E-state index contributed by atoms with van der Waals surface area (Å²) >= 11 is 0. The highest BCUT2D eigenvalue weighted by molar-refractivity contribution is 6.21. The summed E-state index contributed by atoms with van der Waals surface area (Å²) in [7, 11) is 1.46. The number of hydrogen-bond donors (Lipinski definition) is 3. The van der Waals surface area contributed by atoms with Crippen LogP contribution in [0.2, 0.25) is 0 Å². The van der Waals surface area contributed by atoms with E-state index < -0.39 is 30.0 Å². The van der Waals surface area contributed by atoms with E-state index in [0.29, 0.717) is 18.7 Å². The Kier molecular flexibility index (Phi) is 8.59. The molecule has 0 bridgehead atoms. The maximum Gasteiger partial charge on any atom is 0.303 e. The third kappa shape index (κ3) is 6.45. The molecule has 0 aliphatic carbocycles. The Balaban J connectivity index is 1.83. The molecular formula is C26H31N3O6. The van der Waals surface area contributed by atoms with Gasteiger partial charge in [0.05, 0.1) is 30.4 Å². The molecule has 2 aromatic rings. The zero-order valence-corrected chi connectivity index (χ0v) is 20.1. The van der Waals surface area contributed by atoms with Crippen molar-refractivity contribution in [2.75, 3.05) is 7.11 Å². The molecule has 0 spiro atoms. The Hall–Kier alpha value is -3.72. The van der Waals surface area contributed by atoms with Crippen molar-refractivity contribution in [3.05, 3.63) is 65.2 Å². The second kappa shape index (κ2) is 11.6. The lowest BCUT2D eigenvalue weighted by Gasteiger charge is -2.31. The fourth-order valence-electron chi connectivity index (χ4n) is 4.06. The normalized spacial score (nSPS) is 14.6. The van der Waals surface area contributed by atoms with Gasteiger partial charge in [-0.3, -0.25) is 29.4 Å². The molecule has 0 saturated carbocycles. The van der Waals surface area contributed by atoms with Crippen LogP contribution in [-0.2, 0) is 16.1 Å². The van der Waals surface area contributed by atoms with Crippen LogP contribution in [-0.4, -0.2) is 53.0 Å². The Labute approximate surface area is 204 Å². The first kappa shape index (κ1) is 25.9. The third-order valence-corrected chi connectivity index (χ3v) is 5.80. The summed E-state index contributed by atoms with van der Waals surface area (Å²) in [6.45, 7) is 4.24. The number of carboxylic acid groups (broad SMARTS) is 1. The van der Waals surface area contributed by atoms with Crippen LogP contribution in [0.5, 0.6) is 5.75 Å². The molecular weight excluding hydrogens is 450 g/mol. The van der Waals surface area contributed by atoms with Gasteiger partial charge in [0, 0.05) is 13.0 Å². The maximum absolute atomic E-state index is 13.2. The quantitative estimate of drug-likeness (QED) is 0.398. The average molecular weight is 482 g/mol. The SMILES string of the molecule is COc1ccc2c(c1)C(=O)N(C(CCC(=O)O)NC(CC(C)C)C(=O)NCc1ccccc1)C2=O. The van der Waals surface area contributed by atoms with Gasteiger partial charge < -0.3 is 15.2 Å². The van der Waals surface area contributed by atoms with Crippen molar-refractivity contribution in [1.82, 2.24) is 15.5 Å². The number of aliphatic carboxylic acids is 1. The summed E-state index contributed by atoms with van der Waals surface area (Å²) < 4.78 is 5.17. The highest BCUT2D eigenvalue weighted by atomic mass is 16.5. The fraction of sp³-hybridized carbons (Fsp3) is 0.385. The standard InChI is InChI=1S/C26H31N3O6/c1-16(2)13-21(24(32)27-15-17-7-5-4-6-8-17)28-22(11-12-23(30)31)29-25(33)19-10-9-18(35-3)14-20(19)26(29)34/h4-10,14,16,21-22,28H,11-13,15H2,1-3H3,(H,27,32)(H,30,31). The largest absolute Gasteiger partial charge is 0.497 e. The topological polar surface area (TPSA) is 125 Å². The first-order chi connectivity index (χ1) is 16.7. The van der Waals surface area contributed by atoms with E-state index in [2.05, 4.69) is 10.6 Å². The Morgan fingerprint density at radius 2 is 1.71 bits per heavy atom. The van der Waals surface area contributed by atoms with Crippen molar-refractivity contribution < 1.29 is 29.0 Å². The number of amides is 3. The molecule has 9 nitrogen and oxygen atoms in total. The van der Waals surface area contributed by atoms with Crippen LogP contribution in [0.1, 0.15) is 59.4 Å². The fourth-order valence-corrected chi connectivity index (χ4v) is 4.06. The van der Waals surface area contributed by atoms with E-state index in [-0.39, 0.29) is 35.8 Å². The van der Waals surface area contributed by atoms with Crippen LogP contribution in [0.4, 0.5) is 0 Å². The van der Waals surface area contributed by atoms with Crippen molar-refractivity contribution in [3.63, 3.8) is 0 Å². The van der Waals surface area contributed by atoms with Gasteiger partial charge in [-0.2, -0.15) is 0 Å². The molecule has 3 amide bonds. The van der Waals surface area contributed by atoms with Gasteiger partial charge in [-0.25, -0.2) is 0 Å². The second-order valence-electron chi connectivity index (χ2n) is 8.89. The lowest BCUT2D eigenvalue weighted by atomic mass is 10.0. The number of fused-ring (bicyclic) bond motifs is 1. The molecule has 186 valence electrons. The molecule has 1 aliphatic rings. The number of ether oxygens (including phenoxy) is 1. The molecule has 2 atom stereocenters. The Morgan fingerprint density at radius 3 is 2.34 bits per heavy atom. The summed E-state index contributed by atoms with van der Waals surface area (Å²) in [6.07, 6.45) is -0.871. The minimum atomic E-state index is -1.07. The number of carbonyl (C=O) groups excluding carboxylic acids is 3. The van der Waals surface area contributed by atoms with Crippen molar-refractivity contribution >= 4 is 23.7 Å². The molecule has 2 unspecified atom stereocenters. The van der Waals surface area contributed by atoms with Crippen molar-refractivity contribution in [1.29, 1.82) is 0 Å². The van der Waals surface area contributed by atoms with Gasteiger partial charge in [0.15, 0.2) is 0 Å². The minimum absolute atomic E-state index is 0.0432. The lowest BCUT2D eigenvalue weighted by Crippen LogP contribution is -2.56. The number of methoxy groups -OCH3 is 1. The average Bonchev–Trinajstić information content (AvgIpc) is 3.09. The third-order valence-electron chi connectivity index (χ3n) is 5.80. The van der Waals surface area contributed by atoms with Gasteiger partial charge in [0.2, 0.25) is 5.91 Å². The van der Waals surface area contributed by atoms with Crippen LogP contribution in [0.25, 0.3) is 0 Å². The molecule has 0 saturated heterocycles. The highest BCUT2D eigenvalue weighted by Gasteiger charge is 2.41. The van der Waals surface area contributed by atoms with Gasteiger partial charge in [-0.1, -0.05) is 44.2 Å². The first-order valence-electron chi connectivity index (χ1n) is 11.6. The molecule has 0 fully saturated rings. The van der Waals surface area contributed by atoms with E-state index in [9.17, 15) is 24.3 Å². The number of hydrogen-bond acceptors (Lipinski definition) is 6. The molecule has 35 heavy (non-hydrogen) atoms. The van der Waals surface area contributed by atoms with Crippen molar-refractivity contribution in [2.24, 2.45) is 5.92 Å². The minimum Gasteiger partial charge on any atom is -0.497 e. The number of carboxylic acids is 1. The van der Waals surface area contributed by atoms with E-state index in [0.717, 1.165) is 10.5 Å². The first-order valence-corrected chi connectivity index (χ1v) is 11.6. The number of benzene rings is 2. The zero-order chi connectivity index (χ0) is 25.5. The van der Waals surface area contributed by atoms with Gasteiger partial charge in [0.1, 0.15) is 5.75 Å². The van der Waals surface area contributed by atoms with Gasteiger partial charge in [-0.05, 0) is 42.5 Å². The number of nitrogens with one attached hydrogen (secondary N) is 2. The van der Waals surface area contributed by atoms with Crippen molar-refractivity contribution in [3.8, 4) is 5.75 Å². The summed E-state index contributed by atoms with van der Waals surface area (Å²) in [6, 6.07) is 13.3. The highest BCUT2D eigenvalue weighted by Crippen LogP contribution is 2.29. The van der Waals surface area contributed by atoms with Crippen LogP contribution in [0.15, 0.2) is 48.5 Å². The van der Waals surface area contributed by atoms with E-state index >= 15 is 0 Å². The van der Waals surface area contributed by atoms with Crippen LogP contribution in [0.3, 0.4) is 0 Å². The maximum atomic E-state index is 13.2. The predicted molar refractivity (Wildman–Crippen MR) is 129 cm³/mol. The molecule has 0 aromatic heterocycles. The molecule has 0 radical (unpaired) electrons. The zero-order valence-electron chi connectivity index (χ0n) is 20.1. The van der Waals surface area contributed by atoms with Gasteiger partial charge in [0.25, 0.3) is 11.8 Å². The molecule has 3 N–H and O–H groups in total. The predicted octanol–water partition coefficient (Wildman–Crippen LogP) is 2.80. The summed E-state index contributed by atoms with van der Waals surface area (Å²) in [5, 5.41) is 15.3. The molecule has 2 aromatic carbocycles. The number of rotatable bonds is 12. The molecule has 1 heterocycles.